The average Bonchev–Trinajstić information content (AvgIpc) is 3.02. The third-order valence-electron chi connectivity index (χ3n) is 5.22. The van der Waals surface area contributed by atoms with Gasteiger partial charge in [0.15, 0.2) is 0 Å². The van der Waals surface area contributed by atoms with Crippen LogP contribution in [0.2, 0.25) is 0 Å². The lowest BCUT2D eigenvalue weighted by molar-refractivity contribution is 0.0228. The molecule has 0 radical (unpaired) electrons. The molecule has 0 unspecified atom stereocenters. The van der Waals surface area contributed by atoms with Crippen LogP contribution < -0.4 is 5.32 Å². The fourth-order valence-corrected chi connectivity index (χ4v) is 4.87. The van der Waals surface area contributed by atoms with Crippen molar-refractivity contribution >= 4 is 17.2 Å². The summed E-state index contributed by atoms with van der Waals surface area (Å²) in [5.41, 5.74) is 3.48. The second-order valence-corrected chi connectivity index (χ2v) is 7.75. The zero-order chi connectivity index (χ0) is 16.5. The summed E-state index contributed by atoms with van der Waals surface area (Å²) in [6.07, 6.45) is 7.47. The predicted molar refractivity (Wildman–Crippen MR) is 94.1 cm³/mol. The molecule has 2 heterocycles. The number of hydrogen-bond acceptors (Lipinski definition) is 4. The molecule has 0 bridgehead atoms. The molecule has 4 rings (SSSR count). The van der Waals surface area contributed by atoms with Gasteiger partial charge in [0.05, 0.1) is 22.7 Å². The second kappa shape index (κ2) is 6.65. The van der Waals surface area contributed by atoms with E-state index in [0.717, 1.165) is 36.3 Å². The first kappa shape index (κ1) is 15.8. The molecular weight excluding hydrogens is 320 g/mol. The summed E-state index contributed by atoms with van der Waals surface area (Å²) >= 11 is 1.57. The topological polar surface area (TPSA) is 62.2 Å². The summed E-state index contributed by atoms with van der Waals surface area (Å²) in [7, 11) is 0. The summed E-state index contributed by atoms with van der Waals surface area (Å²) in [6, 6.07) is 5.67. The fraction of sp³-hybridized carbons (Fsp3) is 0.474. The van der Waals surface area contributed by atoms with E-state index in [-0.39, 0.29) is 24.0 Å². The molecule has 1 saturated carbocycles. The monoisotopic (exact) mass is 342 g/mol. The minimum atomic E-state index is -0.243. The van der Waals surface area contributed by atoms with E-state index in [1.54, 1.807) is 17.5 Å². The van der Waals surface area contributed by atoms with E-state index in [2.05, 4.69) is 15.7 Å². The van der Waals surface area contributed by atoms with Crippen LogP contribution in [0.1, 0.15) is 58.2 Å². The Bertz CT molecular complexity index is 722. The zero-order valence-electron chi connectivity index (χ0n) is 13.6. The van der Waals surface area contributed by atoms with Crippen LogP contribution in [-0.2, 0) is 12.8 Å². The molecule has 2 aliphatic carbocycles. The number of rotatable bonds is 4. The first-order chi connectivity index (χ1) is 11.7. The average molecular weight is 342 g/mol. The molecule has 0 aliphatic heterocycles. The summed E-state index contributed by atoms with van der Waals surface area (Å²) < 4.78 is 0. The van der Waals surface area contributed by atoms with Crippen molar-refractivity contribution in [1.29, 1.82) is 0 Å². The van der Waals surface area contributed by atoms with Crippen LogP contribution in [0.4, 0.5) is 0 Å². The Kier molecular flexibility index (Phi) is 4.37. The van der Waals surface area contributed by atoms with Gasteiger partial charge in [-0.15, -0.1) is 11.3 Å². The van der Waals surface area contributed by atoms with Crippen molar-refractivity contribution in [1.82, 2.24) is 10.3 Å². The number of nitrogens with one attached hydrogen (secondary N) is 1. The van der Waals surface area contributed by atoms with Gasteiger partial charge in [-0.1, -0.05) is 6.07 Å². The number of hydrogen-bond donors (Lipinski definition) is 2. The van der Waals surface area contributed by atoms with Gasteiger partial charge >= 0.3 is 0 Å². The molecule has 2 aromatic rings. The molecule has 1 atom stereocenters. The summed E-state index contributed by atoms with van der Waals surface area (Å²) in [5, 5.41) is 15.0. The molecule has 1 amide bonds. The van der Waals surface area contributed by atoms with Gasteiger partial charge in [0.2, 0.25) is 0 Å². The van der Waals surface area contributed by atoms with E-state index in [0.29, 0.717) is 0 Å². The molecule has 126 valence electrons. The van der Waals surface area contributed by atoms with Crippen LogP contribution >= 0.6 is 11.3 Å². The van der Waals surface area contributed by atoms with Crippen molar-refractivity contribution in [3.05, 3.63) is 51.5 Å². The Morgan fingerprint density at radius 2 is 2.12 bits per heavy atom. The van der Waals surface area contributed by atoms with Crippen molar-refractivity contribution in [2.75, 3.05) is 0 Å². The van der Waals surface area contributed by atoms with Gasteiger partial charge < -0.3 is 10.4 Å². The van der Waals surface area contributed by atoms with Crippen molar-refractivity contribution in [3.63, 3.8) is 0 Å². The van der Waals surface area contributed by atoms with Gasteiger partial charge in [0.1, 0.15) is 0 Å². The fourth-order valence-electron chi connectivity index (χ4n) is 3.81. The van der Waals surface area contributed by atoms with Gasteiger partial charge in [-0.25, -0.2) is 0 Å². The molecular formula is C19H22N2O2S. The molecule has 0 spiro atoms. The quantitative estimate of drug-likeness (QED) is 0.896. The molecule has 2 aliphatic rings. The zero-order valence-corrected chi connectivity index (χ0v) is 14.4. The largest absolute Gasteiger partial charge is 0.393 e. The second-order valence-electron chi connectivity index (χ2n) is 6.87. The van der Waals surface area contributed by atoms with Crippen LogP contribution in [0, 0.1) is 5.92 Å². The lowest BCUT2D eigenvalue weighted by atomic mass is 9.76. The Balaban J connectivity index is 1.56. The van der Waals surface area contributed by atoms with Gasteiger partial charge in [-0.2, -0.15) is 0 Å². The van der Waals surface area contributed by atoms with E-state index in [4.69, 9.17) is 0 Å². The van der Waals surface area contributed by atoms with Crippen LogP contribution in [0.15, 0.2) is 29.8 Å². The standard InChI is InChI=1S/C19H22N2O2S/c22-14-9-13(10-14)17(16-7-3-4-8-20-16)21-19(23)18-15-6-2-1-5-12(15)11-24-18/h3-4,7-8,11,13-14,17,22H,1-2,5-6,9-10H2,(H,21,23)/t13?,14?,17-/m1/s1. The van der Waals surface area contributed by atoms with Crippen molar-refractivity contribution in [3.8, 4) is 0 Å². The number of pyridine rings is 1. The highest BCUT2D eigenvalue weighted by molar-refractivity contribution is 7.12. The predicted octanol–water partition coefficient (Wildman–Crippen LogP) is 3.26. The lowest BCUT2D eigenvalue weighted by Gasteiger charge is -2.37. The molecule has 5 heteroatoms. The van der Waals surface area contributed by atoms with Gasteiger partial charge in [-0.05, 0) is 73.1 Å². The number of carbonyl (C=O) groups is 1. The molecule has 1 fully saturated rings. The number of aryl methyl sites for hydroxylation is 1. The van der Waals surface area contributed by atoms with E-state index >= 15 is 0 Å². The highest BCUT2D eigenvalue weighted by atomic mass is 32.1. The van der Waals surface area contributed by atoms with Gasteiger partial charge in [0, 0.05) is 6.20 Å². The SMILES string of the molecule is O=C(N[C@@H](c1ccccn1)C1CC(O)C1)c1scc2c1CCCC2. The number of aliphatic hydroxyl groups excluding tert-OH is 1. The number of carbonyl (C=O) groups excluding carboxylic acids is 1. The Hall–Kier alpha value is -1.72. The Morgan fingerprint density at radius 1 is 1.29 bits per heavy atom. The number of thiophene rings is 1. The molecule has 0 aromatic carbocycles. The highest BCUT2D eigenvalue weighted by Gasteiger charge is 2.37. The minimum absolute atomic E-state index is 0.0141. The maximum absolute atomic E-state index is 12.9. The number of aromatic nitrogens is 1. The van der Waals surface area contributed by atoms with Crippen molar-refractivity contribution in [2.45, 2.75) is 50.7 Å². The molecule has 2 N–H and O–H groups in total. The molecule has 4 nitrogen and oxygen atoms in total. The van der Waals surface area contributed by atoms with Crippen LogP contribution in [-0.4, -0.2) is 22.1 Å². The van der Waals surface area contributed by atoms with Gasteiger partial charge in [0.25, 0.3) is 5.91 Å². The first-order valence-electron chi connectivity index (χ1n) is 8.71. The highest BCUT2D eigenvalue weighted by Crippen LogP contribution is 2.38. The number of nitrogens with zero attached hydrogens (tertiary/aromatic N) is 1. The molecule has 2 aromatic heterocycles. The number of amides is 1. The number of aliphatic hydroxyl groups is 1. The van der Waals surface area contributed by atoms with Crippen molar-refractivity contribution in [2.24, 2.45) is 5.92 Å². The van der Waals surface area contributed by atoms with Crippen LogP contribution in [0.5, 0.6) is 0 Å². The van der Waals surface area contributed by atoms with Gasteiger partial charge in [-0.3, -0.25) is 9.78 Å². The number of fused-ring (bicyclic) bond motifs is 1. The maximum atomic E-state index is 12.9. The Morgan fingerprint density at radius 3 is 2.88 bits per heavy atom. The first-order valence-corrected chi connectivity index (χ1v) is 9.59. The Labute approximate surface area is 145 Å². The molecule has 0 saturated heterocycles. The van der Waals surface area contributed by atoms with E-state index in [9.17, 15) is 9.90 Å². The van der Waals surface area contributed by atoms with E-state index < -0.39 is 0 Å². The summed E-state index contributed by atoms with van der Waals surface area (Å²) in [4.78, 5) is 18.2. The maximum Gasteiger partial charge on any atom is 0.262 e. The molecule has 24 heavy (non-hydrogen) atoms. The summed E-state index contributed by atoms with van der Waals surface area (Å²) in [6.45, 7) is 0. The van der Waals surface area contributed by atoms with Crippen LogP contribution in [0.3, 0.4) is 0 Å². The van der Waals surface area contributed by atoms with E-state index in [1.165, 1.54) is 24.0 Å². The van der Waals surface area contributed by atoms with E-state index in [1.807, 2.05) is 18.2 Å². The smallest absolute Gasteiger partial charge is 0.262 e. The normalized spacial score (nSPS) is 23.9. The van der Waals surface area contributed by atoms with Crippen molar-refractivity contribution < 1.29 is 9.90 Å². The minimum Gasteiger partial charge on any atom is -0.393 e. The third kappa shape index (κ3) is 2.98. The summed E-state index contributed by atoms with van der Waals surface area (Å²) in [5.74, 6) is 0.273. The van der Waals surface area contributed by atoms with Crippen LogP contribution in [0.25, 0.3) is 0 Å². The lowest BCUT2D eigenvalue weighted by Crippen LogP contribution is -2.41. The third-order valence-corrected chi connectivity index (χ3v) is 6.29.